The average molecular weight is 212 g/mol. The van der Waals surface area contributed by atoms with Gasteiger partial charge in [0.15, 0.2) is 0 Å². The highest BCUT2D eigenvalue weighted by Crippen LogP contribution is 2.05. The van der Waals surface area contributed by atoms with Crippen LogP contribution in [0, 0.1) is 0 Å². The number of carbonyl (C=O) groups is 1. The van der Waals surface area contributed by atoms with E-state index in [4.69, 9.17) is 0 Å². The predicted octanol–water partition coefficient (Wildman–Crippen LogP) is -0.983. The van der Waals surface area contributed by atoms with Crippen molar-refractivity contribution in [3.05, 3.63) is 0 Å². The smallest absolute Gasteiger partial charge is 0.220 e. The monoisotopic (exact) mass is 212 g/mol. The maximum atomic E-state index is 11.0. The Morgan fingerprint density at radius 1 is 1.40 bits per heavy atom. The van der Waals surface area contributed by atoms with Gasteiger partial charge in [0, 0.05) is 45.2 Å². The van der Waals surface area contributed by atoms with Crippen LogP contribution >= 0.6 is 0 Å². The largest absolute Gasteiger partial charge is 0.352 e. The van der Waals surface area contributed by atoms with E-state index < -0.39 is 0 Å². The molecule has 0 aromatic heterocycles. The van der Waals surface area contributed by atoms with Crippen LogP contribution in [0.25, 0.3) is 0 Å². The molecular formula is C10H20N4O. The summed E-state index contributed by atoms with van der Waals surface area (Å²) in [4.78, 5) is 13.3. The summed E-state index contributed by atoms with van der Waals surface area (Å²) in [6, 6.07) is 0.331. The van der Waals surface area contributed by atoms with E-state index in [1.165, 1.54) is 0 Å². The molecule has 0 radical (unpaired) electrons. The number of amides is 1. The minimum absolute atomic E-state index is 0.195. The summed E-state index contributed by atoms with van der Waals surface area (Å²) in [5, 5.41) is 5.22. The van der Waals surface area contributed by atoms with Crippen LogP contribution < -0.4 is 10.7 Å². The van der Waals surface area contributed by atoms with Crippen LogP contribution in [0.15, 0.2) is 0 Å². The minimum Gasteiger partial charge on any atom is -0.352 e. The Bertz CT molecular complexity index is 225. The Morgan fingerprint density at radius 2 is 2.13 bits per heavy atom. The number of nitrogens with one attached hydrogen (secondary N) is 2. The standard InChI is InChI=1S/C10H20N4O/c1-13-4-6-14(7-5-13)11-8-9-2-3-10(15)12-9/h9,11H,2-8H2,1H3,(H,12,15). The van der Waals surface area contributed by atoms with Crippen LogP contribution in [0.5, 0.6) is 0 Å². The lowest BCUT2D eigenvalue weighted by Crippen LogP contribution is -2.53. The molecule has 86 valence electrons. The first kappa shape index (κ1) is 10.9. The summed E-state index contributed by atoms with van der Waals surface area (Å²) in [5.74, 6) is 0.195. The Labute approximate surface area is 90.8 Å². The van der Waals surface area contributed by atoms with Crippen LogP contribution in [0.2, 0.25) is 0 Å². The van der Waals surface area contributed by atoms with Gasteiger partial charge in [-0.15, -0.1) is 0 Å². The number of carbonyl (C=O) groups excluding carboxylic acids is 1. The molecule has 5 heteroatoms. The highest BCUT2D eigenvalue weighted by Gasteiger charge is 2.21. The molecule has 2 fully saturated rings. The zero-order valence-corrected chi connectivity index (χ0v) is 9.33. The fraction of sp³-hybridized carbons (Fsp3) is 0.900. The normalized spacial score (nSPS) is 29.4. The lowest BCUT2D eigenvalue weighted by Gasteiger charge is -2.33. The number of hydrogen-bond acceptors (Lipinski definition) is 4. The van der Waals surface area contributed by atoms with E-state index in [2.05, 4.69) is 27.7 Å². The summed E-state index contributed by atoms with van der Waals surface area (Å²) in [5.41, 5.74) is 3.40. The quantitative estimate of drug-likeness (QED) is 0.631. The number of rotatable bonds is 3. The average Bonchev–Trinajstić information content (AvgIpc) is 2.64. The molecule has 0 spiro atoms. The van der Waals surface area contributed by atoms with Gasteiger partial charge in [0.2, 0.25) is 5.91 Å². The fourth-order valence-corrected chi connectivity index (χ4v) is 2.03. The van der Waals surface area contributed by atoms with Crippen LogP contribution in [-0.4, -0.2) is 61.6 Å². The van der Waals surface area contributed by atoms with Crippen molar-refractivity contribution in [1.82, 2.24) is 20.7 Å². The first-order chi connectivity index (χ1) is 7.24. The number of hydrogen-bond donors (Lipinski definition) is 2. The van der Waals surface area contributed by atoms with E-state index in [9.17, 15) is 4.79 Å². The Balaban J connectivity index is 1.63. The molecule has 5 nitrogen and oxygen atoms in total. The maximum absolute atomic E-state index is 11.0. The third kappa shape index (κ3) is 3.15. The van der Waals surface area contributed by atoms with Crippen molar-refractivity contribution < 1.29 is 4.79 Å². The van der Waals surface area contributed by atoms with E-state index in [-0.39, 0.29) is 5.91 Å². The van der Waals surface area contributed by atoms with Crippen LogP contribution in [-0.2, 0) is 4.79 Å². The van der Waals surface area contributed by atoms with Gasteiger partial charge in [-0.1, -0.05) is 0 Å². The lowest BCUT2D eigenvalue weighted by atomic mass is 10.2. The van der Waals surface area contributed by atoms with Gasteiger partial charge < -0.3 is 10.2 Å². The highest BCUT2D eigenvalue weighted by atomic mass is 16.1. The van der Waals surface area contributed by atoms with Crippen molar-refractivity contribution in [2.45, 2.75) is 18.9 Å². The molecule has 0 bridgehead atoms. The van der Waals surface area contributed by atoms with Crippen molar-refractivity contribution in [2.75, 3.05) is 39.8 Å². The first-order valence-electron chi connectivity index (χ1n) is 5.70. The molecular weight excluding hydrogens is 192 g/mol. The molecule has 0 aromatic carbocycles. The summed E-state index contributed by atoms with van der Waals surface area (Å²) >= 11 is 0. The lowest BCUT2D eigenvalue weighted by molar-refractivity contribution is -0.119. The van der Waals surface area contributed by atoms with Gasteiger partial charge in [0.25, 0.3) is 0 Å². The fourth-order valence-electron chi connectivity index (χ4n) is 2.03. The van der Waals surface area contributed by atoms with Crippen molar-refractivity contribution >= 4 is 5.91 Å². The minimum atomic E-state index is 0.195. The SMILES string of the molecule is CN1CCN(NCC2CCC(=O)N2)CC1. The molecule has 2 rings (SSSR count). The van der Waals surface area contributed by atoms with Gasteiger partial charge in [0.05, 0.1) is 0 Å². The molecule has 0 saturated carbocycles. The topological polar surface area (TPSA) is 47.6 Å². The maximum Gasteiger partial charge on any atom is 0.220 e. The van der Waals surface area contributed by atoms with E-state index in [0.29, 0.717) is 12.5 Å². The molecule has 2 heterocycles. The number of nitrogens with zero attached hydrogens (tertiary/aromatic N) is 2. The van der Waals surface area contributed by atoms with E-state index in [1.807, 2.05) is 0 Å². The van der Waals surface area contributed by atoms with Gasteiger partial charge >= 0.3 is 0 Å². The van der Waals surface area contributed by atoms with Crippen LogP contribution in [0.4, 0.5) is 0 Å². The second kappa shape index (κ2) is 4.92. The third-order valence-corrected chi connectivity index (χ3v) is 3.15. The molecule has 2 saturated heterocycles. The van der Waals surface area contributed by atoms with Crippen molar-refractivity contribution in [1.29, 1.82) is 0 Å². The van der Waals surface area contributed by atoms with Gasteiger partial charge in [-0.3, -0.25) is 10.2 Å². The van der Waals surface area contributed by atoms with Crippen LogP contribution in [0.3, 0.4) is 0 Å². The van der Waals surface area contributed by atoms with Gasteiger partial charge in [-0.25, -0.2) is 5.01 Å². The van der Waals surface area contributed by atoms with Crippen molar-refractivity contribution in [3.63, 3.8) is 0 Å². The highest BCUT2D eigenvalue weighted by molar-refractivity contribution is 5.78. The third-order valence-electron chi connectivity index (χ3n) is 3.15. The zero-order valence-electron chi connectivity index (χ0n) is 9.33. The van der Waals surface area contributed by atoms with Crippen molar-refractivity contribution in [3.8, 4) is 0 Å². The van der Waals surface area contributed by atoms with Gasteiger partial charge in [-0.2, -0.15) is 0 Å². The summed E-state index contributed by atoms with van der Waals surface area (Å²) < 4.78 is 0. The molecule has 0 aliphatic carbocycles. The van der Waals surface area contributed by atoms with Crippen molar-refractivity contribution in [2.24, 2.45) is 0 Å². The second-order valence-electron chi connectivity index (χ2n) is 4.46. The molecule has 2 aliphatic rings. The summed E-state index contributed by atoms with van der Waals surface area (Å²) in [7, 11) is 2.15. The van der Waals surface area contributed by atoms with Gasteiger partial charge in [-0.05, 0) is 13.5 Å². The number of likely N-dealkylation sites (N-methyl/N-ethyl adjacent to an activating group) is 1. The summed E-state index contributed by atoms with van der Waals surface area (Å²) in [6.45, 7) is 5.23. The molecule has 2 aliphatic heterocycles. The van der Waals surface area contributed by atoms with Crippen LogP contribution in [0.1, 0.15) is 12.8 Å². The van der Waals surface area contributed by atoms with E-state index in [0.717, 1.165) is 39.1 Å². The number of hydrazine groups is 1. The molecule has 1 atom stereocenters. The Morgan fingerprint density at radius 3 is 2.73 bits per heavy atom. The molecule has 1 amide bonds. The van der Waals surface area contributed by atoms with Gasteiger partial charge in [0.1, 0.15) is 0 Å². The Hall–Kier alpha value is -0.650. The Kier molecular flexibility index (Phi) is 3.56. The second-order valence-corrected chi connectivity index (χ2v) is 4.46. The molecule has 1 unspecified atom stereocenters. The van der Waals surface area contributed by atoms with E-state index in [1.54, 1.807) is 0 Å². The molecule has 0 aromatic rings. The van der Waals surface area contributed by atoms with E-state index >= 15 is 0 Å². The zero-order chi connectivity index (χ0) is 10.7. The molecule has 2 N–H and O–H groups in total. The summed E-state index contributed by atoms with van der Waals surface area (Å²) in [6.07, 6.45) is 1.66. The predicted molar refractivity (Wildman–Crippen MR) is 58.2 cm³/mol. The first-order valence-corrected chi connectivity index (χ1v) is 5.70. The molecule has 15 heavy (non-hydrogen) atoms. The number of piperazine rings is 1.